The zero-order chi connectivity index (χ0) is 20.5. The number of pyridine rings is 1. The molecule has 29 heavy (non-hydrogen) atoms. The van der Waals surface area contributed by atoms with E-state index in [1.54, 1.807) is 40.9 Å². The van der Waals surface area contributed by atoms with E-state index in [1.807, 2.05) is 13.0 Å². The average Bonchev–Trinajstić information content (AvgIpc) is 3.07. The Kier molecular flexibility index (Phi) is 4.72. The maximum absolute atomic E-state index is 14.4. The molecular weight excluding hydrogens is 376 g/mol. The SMILES string of the molecule is COc1ccc(C(=O)Nc2c(-c3cc(F)ccc3F)nc3cc(C)ccn23)cc1. The smallest absolute Gasteiger partial charge is 0.256 e. The molecule has 4 rings (SSSR count). The molecule has 4 aromatic rings. The molecular formula is C22H17F2N3O2. The number of fused-ring (bicyclic) bond motifs is 1. The van der Waals surface area contributed by atoms with Crippen molar-refractivity contribution in [3.8, 4) is 17.0 Å². The van der Waals surface area contributed by atoms with E-state index in [4.69, 9.17) is 4.74 Å². The second-order valence-corrected chi connectivity index (χ2v) is 6.55. The number of imidazole rings is 1. The lowest BCUT2D eigenvalue weighted by atomic mass is 10.1. The summed E-state index contributed by atoms with van der Waals surface area (Å²) in [5.74, 6) is -0.763. The Morgan fingerprint density at radius 2 is 1.83 bits per heavy atom. The summed E-state index contributed by atoms with van der Waals surface area (Å²) < 4.78 is 35.0. The summed E-state index contributed by atoms with van der Waals surface area (Å²) in [6.45, 7) is 1.90. The number of aromatic nitrogens is 2. The maximum Gasteiger partial charge on any atom is 0.256 e. The Bertz CT molecular complexity index is 1220. The molecule has 0 saturated carbocycles. The van der Waals surface area contributed by atoms with Crippen molar-refractivity contribution >= 4 is 17.4 Å². The second kappa shape index (κ2) is 7.35. The Morgan fingerprint density at radius 3 is 2.55 bits per heavy atom. The third-order valence-electron chi connectivity index (χ3n) is 4.55. The van der Waals surface area contributed by atoms with Crippen LogP contribution in [0.15, 0.2) is 60.8 Å². The summed E-state index contributed by atoms with van der Waals surface area (Å²) in [4.78, 5) is 17.2. The van der Waals surface area contributed by atoms with Gasteiger partial charge in [-0.15, -0.1) is 0 Å². The topological polar surface area (TPSA) is 55.6 Å². The molecule has 2 aromatic carbocycles. The van der Waals surface area contributed by atoms with E-state index in [2.05, 4.69) is 10.3 Å². The molecule has 5 nitrogen and oxygen atoms in total. The molecule has 0 unspecified atom stereocenters. The number of methoxy groups -OCH3 is 1. The van der Waals surface area contributed by atoms with Gasteiger partial charge in [0.15, 0.2) is 0 Å². The van der Waals surface area contributed by atoms with Gasteiger partial charge in [0.1, 0.15) is 34.5 Å². The molecule has 7 heteroatoms. The van der Waals surface area contributed by atoms with Crippen molar-refractivity contribution in [2.45, 2.75) is 6.92 Å². The van der Waals surface area contributed by atoms with E-state index in [0.29, 0.717) is 17.0 Å². The zero-order valence-electron chi connectivity index (χ0n) is 15.7. The summed E-state index contributed by atoms with van der Waals surface area (Å²) >= 11 is 0. The lowest BCUT2D eigenvalue weighted by molar-refractivity contribution is 0.102. The monoisotopic (exact) mass is 393 g/mol. The Hall–Kier alpha value is -3.74. The molecule has 0 fully saturated rings. The minimum Gasteiger partial charge on any atom is -0.497 e. The summed E-state index contributed by atoms with van der Waals surface area (Å²) in [7, 11) is 1.54. The van der Waals surface area contributed by atoms with Crippen molar-refractivity contribution in [1.29, 1.82) is 0 Å². The van der Waals surface area contributed by atoms with Crippen LogP contribution in [-0.4, -0.2) is 22.4 Å². The number of benzene rings is 2. The van der Waals surface area contributed by atoms with Gasteiger partial charge in [-0.2, -0.15) is 0 Å². The first-order valence-electron chi connectivity index (χ1n) is 8.86. The highest BCUT2D eigenvalue weighted by Crippen LogP contribution is 2.32. The van der Waals surface area contributed by atoms with Crippen LogP contribution in [0.3, 0.4) is 0 Å². The van der Waals surface area contributed by atoms with Gasteiger partial charge in [0.25, 0.3) is 5.91 Å². The van der Waals surface area contributed by atoms with Crippen LogP contribution in [0, 0.1) is 18.6 Å². The standard InChI is InChI=1S/C22H17F2N3O2/c1-13-9-10-27-19(11-13)25-20(17-12-15(23)5-8-18(17)24)21(27)26-22(28)14-3-6-16(29-2)7-4-14/h3-12H,1-2H3,(H,26,28). The van der Waals surface area contributed by atoms with E-state index in [1.165, 1.54) is 7.11 Å². The number of carbonyl (C=O) groups is 1. The highest BCUT2D eigenvalue weighted by atomic mass is 19.1. The highest BCUT2D eigenvalue weighted by molar-refractivity contribution is 6.05. The van der Waals surface area contributed by atoms with Crippen molar-refractivity contribution in [2.24, 2.45) is 0 Å². The predicted molar refractivity (Wildman–Crippen MR) is 106 cm³/mol. The van der Waals surface area contributed by atoms with Crippen LogP contribution in [0.4, 0.5) is 14.6 Å². The third kappa shape index (κ3) is 3.54. The fourth-order valence-electron chi connectivity index (χ4n) is 3.05. The van der Waals surface area contributed by atoms with E-state index >= 15 is 0 Å². The first-order valence-corrected chi connectivity index (χ1v) is 8.86. The molecule has 2 heterocycles. The number of carbonyl (C=O) groups excluding carboxylic acids is 1. The number of hydrogen-bond donors (Lipinski definition) is 1. The molecule has 2 aromatic heterocycles. The molecule has 0 aliphatic rings. The van der Waals surface area contributed by atoms with Crippen LogP contribution in [-0.2, 0) is 0 Å². The molecule has 0 aliphatic carbocycles. The lowest BCUT2D eigenvalue weighted by Crippen LogP contribution is -2.14. The van der Waals surface area contributed by atoms with Gasteiger partial charge in [-0.1, -0.05) is 0 Å². The average molecular weight is 393 g/mol. The summed E-state index contributed by atoms with van der Waals surface area (Å²) in [5.41, 5.74) is 1.96. The summed E-state index contributed by atoms with van der Waals surface area (Å²) in [5, 5.41) is 2.78. The number of ether oxygens (including phenoxy) is 1. The van der Waals surface area contributed by atoms with Crippen LogP contribution in [0.5, 0.6) is 5.75 Å². The van der Waals surface area contributed by atoms with E-state index in [-0.39, 0.29) is 17.1 Å². The maximum atomic E-state index is 14.4. The van der Waals surface area contributed by atoms with E-state index in [0.717, 1.165) is 23.8 Å². The number of rotatable bonds is 4. The number of halogens is 2. The first kappa shape index (κ1) is 18.6. The molecule has 1 amide bonds. The van der Waals surface area contributed by atoms with E-state index in [9.17, 15) is 13.6 Å². The number of nitrogens with zero attached hydrogens (tertiary/aromatic N) is 2. The van der Waals surface area contributed by atoms with Gasteiger partial charge in [-0.25, -0.2) is 13.8 Å². The Balaban J connectivity index is 1.83. The van der Waals surface area contributed by atoms with Gasteiger partial charge >= 0.3 is 0 Å². The minimum atomic E-state index is -0.633. The second-order valence-electron chi connectivity index (χ2n) is 6.55. The van der Waals surface area contributed by atoms with Crippen LogP contribution in [0.25, 0.3) is 16.9 Å². The normalized spacial score (nSPS) is 10.9. The third-order valence-corrected chi connectivity index (χ3v) is 4.55. The van der Waals surface area contributed by atoms with Crippen LogP contribution < -0.4 is 10.1 Å². The van der Waals surface area contributed by atoms with Gasteiger partial charge in [-0.3, -0.25) is 9.20 Å². The fourth-order valence-corrected chi connectivity index (χ4v) is 3.05. The van der Waals surface area contributed by atoms with Gasteiger partial charge in [0, 0.05) is 17.3 Å². The number of hydrogen-bond acceptors (Lipinski definition) is 3. The number of aryl methyl sites for hydroxylation is 1. The number of amides is 1. The summed E-state index contributed by atoms with van der Waals surface area (Å²) in [6.07, 6.45) is 1.72. The molecule has 0 saturated heterocycles. The van der Waals surface area contributed by atoms with Crippen LogP contribution in [0.2, 0.25) is 0 Å². The van der Waals surface area contributed by atoms with Crippen molar-refractivity contribution < 1.29 is 18.3 Å². The molecule has 146 valence electrons. The minimum absolute atomic E-state index is 0.0311. The van der Waals surface area contributed by atoms with Gasteiger partial charge in [0.05, 0.1) is 7.11 Å². The van der Waals surface area contributed by atoms with Crippen molar-refractivity contribution in [2.75, 3.05) is 12.4 Å². The van der Waals surface area contributed by atoms with Crippen molar-refractivity contribution in [1.82, 2.24) is 9.38 Å². The first-order chi connectivity index (χ1) is 14.0. The number of anilines is 1. The van der Waals surface area contributed by atoms with Crippen LogP contribution >= 0.6 is 0 Å². The molecule has 0 aliphatic heterocycles. The number of nitrogens with one attached hydrogen (secondary N) is 1. The largest absolute Gasteiger partial charge is 0.497 e. The Labute approximate surface area is 165 Å². The highest BCUT2D eigenvalue weighted by Gasteiger charge is 2.20. The zero-order valence-corrected chi connectivity index (χ0v) is 15.7. The van der Waals surface area contributed by atoms with Gasteiger partial charge < -0.3 is 10.1 Å². The quantitative estimate of drug-likeness (QED) is 0.539. The molecule has 0 bridgehead atoms. The molecule has 0 radical (unpaired) electrons. The predicted octanol–water partition coefficient (Wildman–Crippen LogP) is 4.85. The van der Waals surface area contributed by atoms with Gasteiger partial charge in [-0.05, 0) is 67.1 Å². The van der Waals surface area contributed by atoms with Crippen molar-refractivity contribution in [3.63, 3.8) is 0 Å². The Morgan fingerprint density at radius 1 is 1.07 bits per heavy atom. The lowest BCUT2D eigenvalue weighted by Gasteiger charge is -2.09. The van der Waals surface area contributed by atoms with Crippen LogP contribution in [0.1, 0.15) is 15.9 Å². The van der Waals surface area contributed by atoms with Gasteiger partial charge in [0.2, 0.25) is 0 Å². The van der Waals surface area contributed by atoms with Crippen molar-refractivity contribution in [3.05, 3.63) is 83.6 Å². The summed E-state index contributed by atoms with van der Waals surface area (Å²) in [6, 6.07) is 13.3. The van der Waals surface area contributed by atoms with E-state index < -0.39 is 17.5 Å². The molecule has 1 N–H and O–H groups in total. The molecule has 0 atom stereocenters. The molecule has 0 spiro atoms. The fraction of sp³-hybridized carbons (Fsp3) is 0.0909.